The van der Waals surface area contributed by atoms with Crippen LogP contribution in [-0.4, -0.2) is 22.0 Å². The molecule has 0 saturated carbocycles. The van der Waals surface area contributed by atoms with E-state index in [2.05, 4.69) is 0 Å². The van der Waals surface area contributed by atoms with E-state index in [1.165, 1.54) is 6.07 Å². The van der Waals surface area contributed by atoms with Gasteiger partial charge in [0.05, 0.1) is 17.6 Å². The smallest absolute Gasteiger partial charge is 0.227 e. The van der Waals surface area contributed by atoms with Gasteiger partial charge in [-0.2, -0.15) is 0 Å². The molecule has 1 aliphatic rings. The summed E-state index contributed by atoms with van der Waals surface area (Å²) in [5, 5.41) is 0.382. The van der Waals surface area contributed by atoms with Crippen molar-refractivity contribution in [3.63, 3.8) is 0 Å². The largest absolute Gasteiger partial charge is 0.323 e. The molecule has 1 saturated heterocycles. The molecule has 0 unspecified atom stereocenters. The number of hydrogen-bond donors (Lipinski definition) is 0. The van der Waals surface area contributed by atoms with Crippen LogP contribution in [0.15, 0.2) is 66.7 Å². The Morgan fingerprint density at radius 2 is 1.84 bits per heavy atom. The van der Waals surface area contributed by atoms with Crippen molar-refractivity contribution in [2.45, 2.75) is 25.8 Å². The predicted molar refractivity (Wildman–Crippen MR) is 121 cm³/mol. The molecular formula is C25H21ClFN3O. The summed E-state index contributed by atoms with van der Waals surface area (Å²) in [4.78, 5) is 19.5. The first-order valence-electron chi connectivity index (χ1n) is 10.3. The minimum atomic E-state index is -0.347. The second kappa shape index (κ2) is 7.82. The highest BCUT2D eigenvalue weighted by Crippen LogP contribution is 2.34. The zero-order valence-electron chi connectivity index (χ0n) is 17.1. The van der Waals surface area contributed by atoms with Crippen LogP contribution in [0.4, 0.5) is 10.1 Å². The van der Waals surface area contributed by atoms with Gasteiger partial charge in [0, 0.05) is 35.2 Å². The number of aryl methyl sites for hydroxylation is 1. The van der Waals surface area contributed by atoms with Gasteiger partial charge in [0.25, 0.3) is 0 Å². The summed E-state index contributed by atoms with van der Waals surface area (Å²) in [5.74, 6) is 0.409. The van der Waals surface area contributed by atoms with Gasteiger partial charge in [-0.15, -0.1) is 0 Å². The van der Waals surface area contributed by atoms with Crippen molar-refractivity contribution in [2.24, 2.45) is 0 Å². The van der Waals surface area contributed by atoms with Crippen molar-refractivity contribution in [2.75, 3.05) is 11.4 Å². The van der Waals surface area contributed by atoms with Gasteiger partial charge in [-0.3, -0.25) is 4.79 Å². The molecule has 4 aromatic rings. The molecule has 0 aliphatic carbocycles. The number of rotatable bonds is 4. The molecule has 1 atom stereocenters. The van der Waals surface area contributed by atoms with E-state index in [0.717, 1.165) is 28.1 Å². The first kappa shape index (κ1) is 19.8. The third-order valence-electron chi connectivity index (χ3n) is 5.90. The second-order valence-corrected chi connectivity index (χ2v) is 8.39. The standard InChI is InChI=1S/C25H21ClFN3O/c1-16-9-11-18(12-10-16)29-14-17(13-24(29)31)25-28-22-7-2-3-8-23(22)30(25)15-19-20(26)5-4-6-21(19)27/h2-12,17H,13-15H2,1H3/t17-/m1/s1. The van der Waals surface area contributed by atoms with Crippen molar-refractivity contribution in [3.8, 4) is 0 Å². The number of aromatic nitrogens is 2. The molecule has 1 amide bonds. The second-order valence-electron chi connectivity index (χ2n) is 7.99. The number of hydrogen-bond acceptors (Lipinski definition) is 2. The highest BCUT2D eigenvalue weighted by Gasteiger charge is 2.35. The first-order valence-corrected chi connectivity index (χ1v) is 10.6. The molecule has 3 aromatic carbocycles. The van der Waals surface area contributed by atoms with Crippen LogP contribution in [0.5, 0.6) is 0 Å². The van der Waals surface area contributed by atoms with E-state index in [9.17, 15) is 9.18 Å². The average Bonchev–Trinajstić information content (AvgIpc) is 3.32. The van der Waals surface area contributed by atoms with Gasteiger partial charge >= 0.3 is 0 Å². The van der Waals surface area contributed by atoms with Crippen molar-refractivity contribution < 1.29 is 9.18 Å². The van der Waals surface area contributed by atoms with Crippen LogP contribution in [0.1, 0.15) is 29.3 Å². The molecule has 0 radical (unpaired) electrons. The third-order valence-corrected chi connectivity index (χ3v) is 6.25. The lowest BCUT2D eigenvalue weighted by atomic mass is 10.1. The van der Waals surface area contributed by atoms with Gasteiger partial charge in [-0.05, 0) is 43.3 Å². The highest BCUT2D eigenvalue weighted by atomic mass is 35.5. The molecule has 1 aromatic heterocycles. The molecular weight excluding hydrogens is 413 g/mol. The molecule has 1 fully saturated rings. The quantitative estimate of drug-likeness (QED) is 0.413. The summed E-state index contributed by atoms with van der Waals surface area (Å²) < 4.78 is 16.5. The lowest BCUT2D eigenvalue weighted by Crippen LogP contribution is -2.24. The fourth-order valence-corrected chi connectivity index (χ4v) is 4.49. The average molecular weight is 434 g/mol. The van der Waals surface area contributed by atoms with E-state index in [4.69, 9.17) is 16.6 Å². The number of benzene rings is 3. The number of fused-ring (bicyclic) bond motifs is 1. The minimum Gasteiger partial charge on any atom is -0.323 e. The van der Waals surface area contributed by atoms with Gasteiger partial charge < -0.3 is 9.47 Å². The van der Waals surface area contributed by atoms with Crippen LogP contribution in [0.3, 0.4) is 0 Å². The van der Waals surface area contributed by atoms with Gasteiger partial charge in [0.2, 0.25) is 5.91 Å². The van der Waals surface area contributed by atoms with E-state index in [1.54, 1.807) is 12.1 Å². The number of imidazole rings is 1. The summed E-state index contributed by atoms with van der Waals surface area (Å²) in [6, 6.07) is 20.4. The van der Waals surface area contributed by atoms with Crippen LogP contribution in [0.25, 0.3) is 11.0 Å². The number of anilines is 1. The fourth-order valence-electron chi connectivity index (χ4n) is 4.27. The van der Waals surface area contributed by atoms with Crippen LogP contribution in [-0.2, 0) is 11.3 Å². The molecule has 0 N–H and O–H groups in total. The maximum Gasteiger partial charge on any atom is 0.227 e. The van der Waals surface area contributed by atoms with Gasteiger partial charge in [0.1, 0.15) is 11.6 Å². The van der Waals surface area contributed by atoms with Crippen molar-refractivity contribution >= 4 is 34.2 Å². The zero-order valence-corrected chi connectivity index (χ0v) is 17.8. The number of carbonyl (C=O) groups excluding carboxylic acids is 1. The molecule has 5 rings (SSSR count). The predicted octanol–water partition coefficient (Wildman–Crippen LogP) is 5.71. The van der Waals surface area contributed by atoms with Crippen LogP contribution in [0, 0.1) is 12.7 Å². The van der Waals surface area contributed by atoms with Gasteiger partial charge in [-0.25, -0.2) is 9.37 Å². The molecule has 1 aliphatic heterocycles. The first-order chi connectivity index (χ1) is 15.0. The third kappa shape index (κ3) is 3.59. The van der Waals surface area contributed by atoms with E-state index in [0.29, 0.717) is 23.6 Å². The minimum absolute atomic E-state index is 0.0661. The zero-order chi connectivity index (χ0) is 21.5. The molecule has 156 valence electrons. The van der Waals surface area contributed by atoms with Crippen LogP contribution in [0.2, 0.25) is 5.02 Å². The Morgan fingerprint density at radius 3 is 2.61 bits per heavy atom. The summed E-state index contributed by atoms with van der Waals surface area (Å²) in [5.41, 5.74) is 4.19. The Kier molecular flexibility index (Phi) is 4.98. The number of amides is 1. The van der Waals surface area contributed by atoms with Gasteiger partial charge in [0.15, 0.2) is 0 Å². The maximum absolute atomic E-state index is 14.5. The Labute approximate surface area is 184 Å². The van der Waals surface area contributed by atoms with E-state index in [-0.39, 0.29) is 24.2 Å². The summed E-state index contributed by atoms with van der Waals surface area (Å²) in [7, 11) is 0. The number of nitrogens with zero attached hydrogens (tertiary/aromatic N) is 3. The Hall–Kier alpha value is -3.18. The highest BCUT2D eigenvalue weighted by molar-refractivity contribution is 6.31. The van der Waals surface area contributed by atoms with Crippen molar-refractivity contribution in [1.29, 1.82) is 0 Å². The Balaban J connectivity index is 1.55. The van der Waals surface area contributed by atoms with Crippen LogP contribution >= 0.6 is 11.6 Å². The van der Waals surface area contributed by atoms with Crippen molar-refractivity contribution in [1.82, 2.24) is 9.55 Å². The lowest BCUT2D eigenvalue weighted by molar-refractivity contribution is -0.117. The van der Waals surface area contributed by atoms with E-state index < -0.39 is 0 Å². The lowest BCUT2D eigenvalue weighted by Gasteiger charge is -2.18. The van der Waals surface area contributed by atoms with E-state index in [1.807, 2.05) is 64.9 Å². The molecule has 6 heteroatoms. The number of para-hydroxylation sites is 2. The summed E-state index contributed by atoms with van der Waals surface area (Å²) in [6.45, 7) is 2.82. The summed E-state index contributed by atoms with van der Waals surface area (Å²) >= 11 is 6.31. The molecule has 0 bridgehead atoms. The molecule has 31 heavy (non-hydrogen) atoms. The SMILES string of the molecule is Cc1ccc(N2C[C@H](c3nc4ccccc4n3Cc3c(F)cccc3Cl)CC2=O)cc1. The van der Waals surface area contributed by atoms with Crippen LogP contribution < -0.4 is 4.90 Å². The fraction of sp³-hybridized carbons (Fsp3) is 0.200. The Bertz CT molecular complexity index is 1260. The monoisotopic (exact) mass is 433 g/mol. The number of carbonyl (C=O) groups is 1. The Morgan fingerprint density at radius 1 is 1.06 bits per heavy atom. The number of halogens is 2. The maximum atomic E-state index is 14.5. The van der Waals surface area contributed by atoms with E-state index >= 15 is 0 Å². The molecule has 4 nitrogen and oxygen atoms in total. The van der Waals surface area contributed by atoms with Crippen molar-refractivity contribution in [3.05, 3.63) is 94.5 Å². The normalized spacial score (nSPS) is 16.4. The van der Waals surface area contributed by atoms with Gasteiger partial charge in [-0.1, -0.05) is 47.5 Å². The molecule has 2 heterocycles. The summed E-state index contributed by atoms with van der Waals surface area (Å²) in [6.07, 6.45) is 0.363. The topological polar surface area (TPSA) is 38.1 Å². The molecule has 0 spiro atoms.